The van der Waals surface area contributed by atoms with Crippen LogP contribution in [0.4, 0.5) is 5.82 Å². The molecule has 0 aliphatic rings. The summed E-state index contributed by atoms with van der Waals surface area (Å²) in [5, 5.41) is 0. The van der Waals surface area contributed by atoms with Crippen LogP contribution in [-0.4, -0.2) is 17.1 Å². The van der Waals surface area contributed by atoms with Gasteiger partial charge in [-0.1, -0.05) is 19.9 Å². The molecule has 2 heteroatoms. The van der Waals surface area contributed by atoms with Gasteiger partial charge in [-0.3, -0.25) is 0 Å². The summed E-state index contributed by atoms with van der Waals surface area (Å²) < 4.78 is 0. The standard InChI is InChI=1S/C13H22N2/c1-11(2)10-15(13(3,4)5)12-8-6-7-9-14-12/h6-9,11H,10H2,1-5H3. The fourth-order valence-electron chi connectivity index (χ4n) is 1.59. The van der Waals surface area contributed by atoms with E-state index < -0.39 is 0 Å². The fourth-order valence-corrected chi connectivity index (χ4v) is 1.59. The van der Waals surface area contributed by atoms with Gasteiger partial charge in [0.1, 0.15) is 5.82 Å². The van der Waals surface area contributed by atoms with E-state index in [-0.39, 0.29) is 5.54 Å². The minimum absolute atomic E-state index is 0.124. The molecule has 15 heavy (non-hydrogen) atoms. The molecule has 0 unspecified atom stereocenters. The zero-order chi connectivity index (χ0) is 11.5. The van der Waals surface area contributed by atoms with Crippen LogP contribution in [0.15, 0.2) is 24.4 Å². The molecule has 1 rings (SSSR count). The Bertz CT molecular complexity index is 285. The molecule has 0 aromatic carbocycles. The van der Waals surface area contributed by atoms with Crippen molar-refractivity contribution in [2.24, 2.45) is 5.92 Å². The van der Waals surface area contributed by atoms with Crippen LogP contribution in [0.2, 0.25) is 0 Å². The Morgan fingerprint density at radius 2 is 1.93 bits per heavy atom. The Labute approximate surface area is 93.3 Å². The molecule has 1 heterocycles. The van der Waals surface area contributed by atoms with Gasteiger partial charge in [0, 0.05) is 18.3 Å². The maximum Gasteiger partial charge on any atom is 0.128 e. The Kier molecular flexibility index (Phi) is 3.72. The highest BCUT2D eigenvalue weighted by Gasteiger charge is 2.22. The minimum atomic E-state index is 0.124. The lowest BCUT2D eigenvalue weighted by Crippen LogP contribution is -2.44. The largest absolute Gasteiger partial charge is 0.352 e. The van der Waals surface area contributed by atoms with Crippen molar-refractivity contribution in [1.29, 1.82) is 0 Å². The number of hydrogen-bond acceptors (Lipinski definition) is 2. The number of nitrogens with zero attached hydrogens (tertiary/aromatic N) is 2. The molecular formula is C13H22N2. The molecule has 1 aromatic rings. The molecule has 0 aliphatic carbocycles. The topological polar surface area (TPSA) is 16.1 Å². The second-order valence-electron chi connectivity index (χ2n) is 5.36. The van der Waals surface area contributed by atoms with Crippen molar-refractivity contribution in [2.45, 2.75) is 40.2 Å². The number of rotatable bonds is 3. The van der Waals surface area contributed by atoms with Crippen molar-refractivity contribution in [2.75, 3.05) is 11.4 Å². The first-order valence-corrected chi connectivity index (χ1v) is 5.60. The fraction of sp³-hybridized carbons (Fsp3) is 0.615. The highest BCUT2D eigenvalue weighted by Crippen LogP contribution is 2.22. The van der Waals surface area contributed by atoms with E-state index in [1.165, 1.54) is 0 Å². The maximum absolute atomic E-state index is 4.42. The molecule has 0 amide bonds. The lowest BCUT2D eigenvalue weighted by Gasteiger charge is -2.38. The highest BCUT2D eigenvalue weighted by atomic mass is 15.2. The normalized spacial score (nSPS) is 11.9. The lowest BCUT2D eigenvalue weighted by molar-refractivity contribution is 0.460. The summed E-state index contributed by atoms with van der Waals surface area (Å²) in [5.74, 6) is 1.71. The van der Waals surface area contributed by atoms with Crippen molar-refractivity contribution in [3.8, 4) is 0 Å². The molecule has 2 nitrogen and oxygen atoms in total. The van der Waals surface area contributed by atoms with Gasteiger partial charge in [0.15, 0.2) is 0 Å². The molecule has 0 N–H and O–H groups in total. The van der Waals surface area contributed by atoms with E-state index in [0.717, 1.165) is 12.4 Å². The number of hydrogen-bond donors (Lipinski definition) is 0. The van der Waals surface area contributed by atoms with Crippen LogP contribution in [0.3, 0.4) is 0 Å². The van der Waals surface area contributed by atoms with Crippen molar-refractivity contribution < 1.29 is 0 Å². The molecule has 1 aromatic heterocycles. The lowest BCUT2D eigenvalue weighted by atomic mass is 10.0. The predicted octanol–water partition coefficient (Wildman–Crippen LogP) is 3.34. The molecule has 0 saturated heterocycles. The SMILES string of the molecule is CC(C)CN(c1ccccn1)C(C)(C)C. The van der Waals surface area contributed by atoms with E-state index in [1.807, 2.05) is 18.3 Å². The summed E-state index contributed by atoms with van der Waals surface area (Å²) in [6.07, 6.45) is 1.86. The number of anilines is 1. The predicted molar refractivity (Wildman–Crippen MR) is 66.2 cm³/mol. The van der Waals surface area contributed by atoms with Crippen molar-refractivity contribution >= 4 is 5.82 Å². The third kappa shape index (κ3) is 3.54. The van der Waals surface area contributed by atoms with Gasteiger partial charge in [-0.25, -0.2) is 4.98 Å². The van der Waals surface area contributed by atoms with Crippen LogP contribution >= 0.6 is 0 Å². The van der Waals surface area contributed by atoms with Crippen LogP contribution in [0, 0.1) is 5.92 Å². The average Bonchev–Trinajstić information content (AvgIpc) is 2.14. The molecule has 0 atom stereocenters. The summed E-state index contributed by atoms with van der Waals surface area (Å²) in [4.78, 5) is 6.78. The van der Waals surface area contributed by atoms with Gasteiger partial charge in [0.2, 0.25) is 0 Å². The van der Waals surface area contributed by atoms with Gasteiger partial charge in [0.25, 0.3) is 0 Å². The number of aromatic nitrogens is 1. The van der Waals surface area contributed by atoms with Crippen LogP contribution in [-0.2, 0) is 0 Å². The monoisotopic (exact) mass is 206 g/mol. The van der Waals surface area contributed by atoms with Gasteiger partial charge in [-0.2, -0.15) is 0 Å². The van der Waals surface area contributed by atoms with E-state index in [1.54, 1.807) is 0 Å². The van der Waals surface area contributed by atoms with E-state index >= 15 is 0 Å². The van der Waals surface area contributed by atoms with E-state index in [4.69, 9.17) is 0 Å². The summed E-state index contributed by atoms with van der Waals surface area (Å²) in [6.45, 7) is 12.2. The molecule has 0 aliphatic heterocycles. The van der Waals surface area contributed by atoms with Crippen LogP contribution < -0.4 is 4.90 Å². The van der Waals surface area contributed by atoms with Gasteiger partial charge in [-0.05, 0) is 38.8 Å². The Morgan fingerprint density at radius 3 is 2.33 bits per heavy atom. The van der Waals surface area contributed by atoms with E-state index in [9.17, 15) is 0 Å². The molecule has 0 saturated carbocycles. The summed E-state index contributed by atoms with van der Waals surface area (Å²) in [5.41, 5.74) is 0.124. The van der Waals surface area contributed by atoms with Gasteiger partial charge in [0.05, 0.1) is 0 Å². The highest BCUT2D eigenvalue weighted by molar-refractivity contribution is 5.40. The molecule has 0 bridgehead atoms. The van der Waals surface area contributed by atoms with Crippen LogP contribution in [0.1, 0.15) is 34.6 Å². The second kappa shape index (κ2) is 4.65. The van der Waals surface area contributed by atoms with Gasteiger partial charge < -0.3 is 4.90 Å². The van der Waals surface area contributed by atoms with E-state index in [2.05, 4.69) is 50.6 Å². The third-order valence-corrected chi connectivity index (χ3v) is 2.28. The maximum atomic E-state index is 4.42. The van der Waals surface area contributed by atoms with Gasteiger partial charge >= 0.3 is 0 Å². The Morgan fingerprint density at radius 1 is 1.27 bits per heavy atom. The summed E-state index contributed by atoms with van der Waals surface area (Å²) in [6, 6.07) is 6.08. The van der Waals surface area contributed by atoms with Crippen molar-refractivity contribution in [1.82, 2.24) is 4.98 Å². The van der Waals surface area contributed by atoms with Crippen LogP contribution in [0.5, 0.6) is 0 Å². The summed E-state index contributed by atoms with van der Waals surface area (Å²) in [7, 11) is 0. The zero-order valence-corrected chi connectivity index (χ0v) is 10.5. The molecule has 0 fully saturated rings. The number of pyridine rings is 1. The Hall–Kier alpha value is -1.05. The average molecular weight is 206 g/mol. The first kappa shape index (κ1) is 12.0. The smallest absolute Gasteiger partial charge is 0.128 e. The summed E-state index contributed by atoms with van der Waals surface area (Å²) >= 11 is 0. The third-order valence-electron chi connectivity index (χ3n) is 2.28. The molecule has 0 radical (unpaired) electrons. The van der Waals surface area contributed by atoms with E-state index in [0.29, 0.717) is 5.92 Å². The first-order valence-electron chi connectivity index (χ1n) is 5.60. The molecular weight excluding hydrogens is 184 g/mol. The van der Waals surface area contributed by atoms with Crippen molar-refractivity contribution in [3.63, 3.8) is 0 Å². The van der Waals surface area contributed by atoms with Crippen molar-refractivity contribution in [3.05, 3.63) is 24.4 Å². The Balaban J connectivity index is 2.92. The minimum Gasteiger partial charge on any atom is -0.352 e. The quantitative estimate of drug-likeness (QED) is 0.754. The van der Waals surface area contributed by atoms with Crippen LogP contribution in [0.25, 0.3) is 0 Å². The molecule has 0 spiro atoms. The molecule has 84 valence electrons. The van der Waals surface area contributed by atoms with Gasteiger partial charge in [-0.15, -0.1) is 0 Å². The zero-order valence-electron chi connectivity index (χ0n) is 10.5. The first-order chi connectivity index (χ1) is 6.91. The second-order valence-corrected chi connectivity index (χ2v) is 5.36.